The van der Waals surface area contributed by atoms with Crippen LogP contribution in [0.1, 0.15) is 37.0 Å². The van der Waals surface area contributed by atoms with Crippen LogP contribution in [-0.2, 0) is 4.79 Å². The molecule has 0 heterocycles. The van der Waals surface area contributed by atoms with Crippen LogP contribution in [0, 0.1) is 11.8 Å². The fourth-order valence-corrected chi connectivity index (χ4v) is 2.68. The minimum absolute atomic E-state index is 0.0199. The van der Waals surface area contributed by atoms with Gasteiger partial charge in [0.2, 0.25) is 0 Å². The molecule has 1 unspecified atom stereocenters. The molecule has 0 aromatic heterocycles. The van der Waals surface area contributed by atoms with Crippen LogP contribution in [0.2, 0.25) is 0 Å². The number of phenols is 1. The van der Waals surface area contributed by atoms with Crippen LogP contribution < -0.4 is 0 Å². The van der Waals surface area contributed by atoms with Crippen LogP contribution >= 0.6 is 0 Å². The van der Waals surface area contributed by atoms with E-state index in [0.29, 0.717) is 12.0 Å². The SMILES string of the molecule is CC(C)CC(CC(=O)c1ccc(-c2ccc(O)cc2)cc1)C(=O)O. The van der Waals surface area contributed by atoms with Crippen LogP contribution in [0.4, 0.5) is 0 Å². The normalized spacial score (nSPS) is 12.1. The van der Waals surface area contributed by atoms with Crippen molar-refractivity contribution in [2.75, 3.05) is 0 Å². The Morgan fingerprint density at radius 3 is 1.88 bits per heavy atom. The minimum Gasteiger partial charge on any atom is -0.508 e. The topological polar surface area (TPSA) is 74.6 Å². The number of carbonyl (C=O) groups is 2. The Morgan fingerprint density at radius 2 is 1.42 bits per heavy atom. The molecule has 0 bridgehead atoms. The molecule has 0 saturated carbocycles. The third-order valence-electron chi connectivity index (χ3n) is 3.94. The Morgan fingerprint density at radius 1 is 0.917 bits per heavy atom. The van der Waals surface area contributed by atoms with Crippen LogP contribution in [0.25, 0.3) is 11.1 Å². The summed E-state index contributed by atoms with van der Waals surface area (Å²) in [6.45, 7) is 3.90. The molecule has 0 aliphatic heterocycles. The monoisotopic (exact) mass is 326 g/mol. The van der Waals surface area contributed by atoms with Gasteiger partial charge in [-0.25, -0.2) is 0 Å². The number of carboxylic acids is 1. The summed E-state index contributed by atoms with van der Waals surface area (Å²) in [5.41, 5.74) is 2.39. The lowest BCUT2D eigenvalue weighted by molar-refractivity contribution is -0.142. The van der Waals surface area contributed by atoms with Crippen molar-refractivity contribution in [2.45, 2.75) is 26.7 Å². The van der Waals surface area contributed by atoms with E-state index in [9.17, 15) is 19.8 Å². The third kappa shape index (κ3) is 4.69. The van der Waals surface area contributed by atoms with E-state index >= 15 is 0 Å². The lowest BCUT2D eigenvalue weighted by atomic mass is 9.90. The number of Topliss-reactive ketones (excluding diaryl/α,β-unsaturated/α-hetero) is 1. The van der Waals surface area contributed by atoms with Gasteiger partial charge in [0.1, 0.15) is 5.75 Å². The zero-order valence-electron chi connectivity index (χ0n) is 13.9. The van der Waals surface area contributed by atoms with Gasteiger partial charge in [0.15, 0.2) is 5.78 Å². The summed E-state index contributed by atoms with van der Waals surface area (Å²) < 4.78 is 0. The Bertz CT molecular complexity index is 699. The zero-order chi connectivity index (χ0) is 17.7. The van der Waals surface area contributed by atoms with Gasteiger partial charge in [-0.15, -0.1) is 0 Å². The van der Waals surface area contributed by atoms with Gasteiger partial charge in [-0.3, -0.25) is 9.59 Å². The maximum Gasteiger partial charge on any atom is 0.306 e. The van der Waals surface area contributed by atoms with Crippen molar-refractivity contribution in [3.05, 3.63) is 54.1 Å². The smallest absolute Gasteiger partial charge is 0.306 e. The van der Waals surface area contributed by atoms with E-state index in [2.05, 4.69) is 0 Å². The maximum atomic E-state index is 12.3. The van der Waals surface area contributed by atoms with E-state index in [1.807, 2.05) is 26.0 Å². The fraction of sp³-hybridized carbons (Fsp3) is 0.300. The van der Waals surface area contributed by atoms with E-state index in [1.165, 1.54) is 0 Å². The molecule has 2 rings (SSSR count). The average Bonchev–Trinajstić information content (AvgIpc) is 2.54. The Hall–Kier alpha value is -2.62. The number of carbonyl (C=O) groups excluding carboxylic acids is 1. The first-order valence-electron chi connectivity index (χ1n) is 8.02. The van der Waals surface area contributed by atoms with E-state index in [4.69, 9.17) is 0 Å². The zero-order valence-corrected chi connectivity index (χ0v) is 13.9. The van der Waals surface area contributed by atoms with Crippen molar-refractivity contribution >= 4 is 11.8 Å². The maximum absolute atomic E-state index is 12.3. The molecule has 2 aromatic carbocycles. The summed E-state index contributed by atoms with van der Waals surface area (Å²) in [6, 6.07) is 13.9. The molecule has 2 N–H and O–H groups in total. The van der Waals surface area contributed by atoms with E-state index < -0.39 is 11.9 Å². The molecule has 2 aromatic rings. The molecular formula is C20H22O4. The Balaban J connectivity index is 2.10. The van der Waals surface area contributed by atoms with Crippen LogP contribution in [0.15, 0.2) is 48.5 Å². The molecule has 0 aliphatic carbocycles. The largest absolute Gasteiger partial charge is 0.508 e. The van der Waals surface area contributed by atoms with Crippen molar-refractivity contribution < 1.29 is 19.8 Å². The molecule has 0 aliphatic rings. The number of aliphatic carboxylic acids is 1. The molecule has 0 saturated heterocycles. The van der Waals surface area contributed by atoms with Gasteiger partial charge < -0.3 is 10.2 Å². The van der Waals surface area contributed by atoms with Crippen LogP contribution in [-0.4, -0.2) is 22.0 Å². The second-order valence-corrected chi connectivity index (χ2v) is 6.42. The number of ketones is 1. The standard InChI is InChI=1S/C20H22O4/c1-13(2)11-17(20(23)24)12-19(22)16-5-3-14(4-6-16)15-7-9-18(21)10-8-15/h3-10,13,17,21H,11-12H2,1-2H3,(H,23,24). The predicted molar refractivity (Wildman–Crippen MR) is 93.1 cm³/mol. The van der Waals surface area contributed by atoms with Crippen molar-refractivity contribution in [2.24, 2.45) is 11.8 Å². The van der Waals surface area contributed by atoms with Crippen molar-refractivity contribution in [3.63, 3.8) is 0 Å². The summed E-state index contributed by atoms with van der Waals surface area (Å²) >= 11 is 0. The first-order valence-corrected chi connectivity index (χ1v) is 8.02. The van der Waals surface area contributed by atoms with E-state index in [0.717, 1.165) is 11.1 Å². The molecule has 0 fully saturated rings. The van der Waals surface area contributed by atoms with Gasteiger partial charge in [-0.1, -0.05) is 50.2 Å². The summed E-state index contributed by atoms with van der Waals surface area (Å²) in [5, 5.41) is 18.6. The number of hydrogen-bond donors (Lipinski definition) is 2. The number of benzene rings is 2. The first-order chi connectivity index (χ1) is 11.4. The number of carboxylic acid groups (broad SMARTS) is 1. The summed E-state index contributed by atoms with van der Waals surface area (Å²) in [7, 11) is 0. The van der Waals surface area contributed by atoms with Gasteiger partial charge in [0, 0.05) is 12.0 Å². The van der Waals surface area contributed by atoms with Gasteiger partial charge in [0.05, 0.1) is 5.92 Å². The van der Waals surface area contributed by atoms with Crippen molar-refractivity contribution in [1.82, 2.24) is 0 Å². The molecule has 0 spiro atoms. The third-order valence-corrected chi connectivity index (χ3v) is 3.94. The van der Waals surface area contributed by atoms with Gasteiger partial charge in [0.25, 0.3) is 0 Å². The minimum atomic E-state index is -0.919. The first kappa shape index (κ1) is 17.7. The van der Waals surface area contributed by atoms with Crippen molar-refractivity contribution in [3.8, 4) is 16.9 Å². The summed E-state index contributed by atoms with van der Waals surface area (Å²) in [4.78, 5) is 23.6. The highest BCUT2D eigenvalue weighted by atomic mass is 16.4. The number of hydrogen-bond acceptors (Lipinski definition) is 3. The number of phenolic OH excluding ortho intramolecular Hbond substituents is 1. The van der Waals surface area contributed by atoms with Crippen LogP contribution in [0.5, 0.6) is 5.75 Å². The highest BCUT2D eigenvalue weighted by Crippen LogP contribution is 2.24. The molecular weight excluding hydrogens is 304 g/mol. The molecule has 0 radical (unpaired) electrons. The highest BCUT2D eigenvalue weighted by molar-refractivity contribution is 5.98. The predicted octanol–water partition coefficient (Wildman–Crippen LogP) is 4.38. The van der Waals surface area contributed by atoms with Gasteiger partial charge >= 0.3 is 5.97 Å². The van der Waals surface area contributed by atoms with Crippen molar-refractivity contribution in [1.29, 1.82) is 0 Å². The van der Waals surface area contributed by atoms with E-state index in [1.54, 1.807) is 36.4 Å². The highest BCUT2D eigenvalue weighted by Gasteiger charge is 2.23. The fourth-order valence-electron chi connectivity index (χ4n) is 2.68. The molecule has 0 amide bonds. The molecule has 4 heteroatoms. The number of rotatable bonds is 7. The Kier molecular flexibility index (Phi) is 5.74. The summed E-state index contributed by atoms with van der Waals surface area (Å²) in [6.07, 6.45) is 0.513. The lowest BCUT2D eigenvalue weighted by Crippen LogP contribution is -2.20. The Labute approximate surface area is 141 Å². The molecule has 24 heavy (non-hydrogen) atoms. The molecule has 1 atom stereocenters. The summed E-state index contributed by atoms with van der Waals surface area (Å²) in [5.74, 6) is -1.28. The van der Waals surface area contributed by atoms with Gasteiger partial charge in [-0.2, -0.15) is 0 Å². The molecule has 126 valence electrons. The second-order valence-electron chi connectivity index (χ2n) is 6.42. The molecule has 4 nitrogen and oxygen atoms in total. The lowest BCUT2D eigenvalue weighted by Gasteiger charge is -2.14. The average molecular weight is 326 g/mol. The second kappa shape index (κ2) is 7.77. The number of aromatic hydroxyl groups is 1. The van der Waals surface area contributed by atoms with Crippen LogP contribution in [0.3, 0.4) is 0 Å². The van der Waals surface area contributed by atoms with E-state index in [-0.39, 0.29) is 23.9 Å². The quantitative estimate of drug-likeness (QED) is 0.741. The van der Waals surface area contributed by atoms with Gasteiger partial charge in [-0.05, 0) is 35.6 Å².